The molecule has 0 spiro atoms. The third-order valence-corrected chi connectivity index (χ3v) is 5.81. The molecule has 0 aliphatic rings. The first kappa shape index (κ1) is 19.5. The molecule has 0 fully saturated rings. The van der Waals surface area contributed by atoms with Crippen molar-refractivity contribution in [3.63, 3.8) is 0 Å². The van der Waals surface area contributed by atoms with Crippen molar-refractivity contribution in [2.24, 2.45) is 0 Å². The number of hydrogen-bond donors (Lipinski definition) is 1. The van der Waals surface area contributed by atoms with E-state index < -0.39 is 19.5 Å². The van der Waals surface area contributed by atoms with Crippen LogP contribution in [0, 0.1) is 0 Å². The number of hydrogen-bond acceptors (Lipinski definition) is 5. The standard InChI is InChI=1S/C17H19ClNO5P/c1-22-25(21,23-2)16(14-8-10-15(18)11-9-14)19-17(20)24-12-13-6-4-3-5-7-13/h3-11,16H,12H2,1-2H3,(H,19,20)/t16-/m1/s1. The third kappa shape index (κ3) is 5.31. The Bertz CT molecular complexity index is 730. The highest BCUT2D eigenvalue weighted by Gasteiger charge is 2.37. The largest absolute Gasteiger partial charge is 0.445 e. The predicted molar refractivity (Wildman–Crippen MR) is 95.6 cm³/mol. The number of nitrogens with one attached hydrogen (secondary N) is 1. The Morgan fingerprint density at radius 2 is 1.68 bits per heavy atom. The number of rotatable bonds is 7. The molecule has 6 nitrogen and oxygen atoms in total. The molecule has 0 aromatic heterocycles. The van der Waals surface area contributed by atoms with E-state index in [4.69, 9.17) is 25.4 Å². The number of amides is 1. The van der Waals surface area contributed by atoms with Crippen molar-refractivity contribution in [1.29, 1.82) is 0 Å². The minimum Gasteiger partial charge on any atom is -0.445 e. The zero-order valence-electron chi connectivity index (χ0n) is 13.8. The van der Waals surface area contributed by atoms with Gasteiger partial charge < -0.3 is 19.1 Å². The van der Waals surface area contributed by atoms with E-state index in [0.29, 0.717) is 10.6 Å². The number of carbonyl (C=O) groups is 1. The van der Waals surface area contributed by atoms with Crippen molar-refractivity contribution in [2.75, 3.05) is 14.2 Å². The average molecular weight is 384 g/mol. The molecule has 2 aromatic rings. The SMILES string of the molecule is COP(=O)(OC)[C@@H](NC(=O)OCc1ccccc1)c1ccc(Cl)cc1. The molecule has 134 valence electrons. The minimum absolute atomic E-state index is 0.0876. The molecule has 25 heavy (non-hydrogen) atoms. The fraction of sp³-hybridized carbons (Fsp3) is 0.235. The summed E-state index contributed by atoms with van der Waals surface area (Å²) in [5, 5.41) is 3.06. The maximum absolute atomic E-state index is 12.8. The van der Waals surface area contributed by atoms with Gasteiger partial charge in [-0.05, 0) is 23.3 Å². The van der Waals surface area contributed by atoms with Gasteiger partial charge in [-0.25, -0.2) is 4.79 Å². The minimum atomic E-state index is -3.63. The fourth-order valence-corrected chi connectivity index (χ4v) is 3.65. The van der Waals surface area contributed by atoms with Gasteiger partial charge in [-0.15, -0.1) is 0 Å². The summed E-state index contributed by atoms with van der Waals surface area (Å²) in [5.41, 5.74) is 1.36. The van der Waals surface area contributed by atoms with E-state index in [1.807, 2.05) is 30.3 Å². The van der Waals surface area contributed by atoms with Crippen LogP contribution in [0.2, 0.25) is 5.02 Å². The summed E-state index contributed by atoms with van der Waals surface area (Å²) in [6, 6.07) is 15.7. The van der Waals surface area contributed by atoms with E-state index in [1.54, 1.807) is 24.3 Å². The van der Waals surface area contributed by atoms with Crippen LogP contribution in [0.4, 0.5) is 4.79 Å². The second kappa shape index (κ2) is 9.02. The summed E-state index contributed by atoms with van der Waals surface area (Å²) in [6.07, 6.45) is -0.738. The molecule has 0 saturated carbocycles. The van der Waals surface area contributed by atoms with Gasteiger partial charge in [0.05, 0.1) is 0 Å². The van der Waals surface area contributed by atoms with Crippen molar-refractivity contribution < 1.29 is 23.1 Å². The summed E-state index contributed by atoms with van der Waals surface area (Å²) in [7, 11) is -1.12. The zero-order chi connectivity index (χ0) is 18.3. The topological polar surface area (TPSA) is 73.9 Å². The number of benzene rings is 2. The van der Waals surface area contributed by atoms with Gasteiger partial charge in [-0.1, -0.05) is 54.1 Å². The quantitative estimate of drug-likeness (QED) is 0.698. The molecule has 0 saturated heterocycles. The smallest absolute Gasteiger partial charge is 0.408 e. The third-order valence-electron chi connectivity index (χ3n) is 3.48. The first-order valence-corrected chi connectivity index (χ1v) is 9.41. The molecule has 0 bridgehead atoms. The highest BCUT2D eigenvalue weighted by atomic mass is 35.5. The molecular weight excluding hydrogens is 365 g/mol. The van der Waals surface area contributed by atoms with Gasteiger partial charge in [0.25, 0.3) is 0 Å². The second-order valence-electron chi connectivity index (χ2n) is 5.07. The van der Waals surface area contributed by atoms with Crippen LogP contribution < -0.4 is 5.32 Å². The molecule has 2 rings (SSSR count). The van der Waals surface area contributed by atoms with E-state index in [1.165, 1.54) is 14.2 Å². The lowest BCUT2D eigenvalue weighted by Crippen LogP contribution is -2.29. The lowest BCUT2D eigenvalue weighted by Gasteiger charge is -2.25. The van der Waals surface area contributed by atoms with Gasteiger partial charge >= 0.3 is 13.7 Å². The van der Waals surface area contributed by atoms with Gasteiger partial charge in [-0.2, -0.15) is 0 Å². The van der Waals surface area contributed by atoms with Crippen LogP contribution in [-0.4, -0.2) is 20.3 Å². The van der Waals surface area contributed by atoms with Crippen LogP contribution in [-0.2, 0) is 25.0 Å². The van der Waals surface area contributed by atoms with Crippen LogP contribution in [0.25, 0.3) is 0 Å². The second-order valence-corrected chi connectivity index (χ2v) is 7.83. The van der Waals surface area contributed by atoms with Gasteiger partial charge in [0.2, 0.25) is 0 Å². The molecule has 1 amide bonds. The maximum atomic E-state index is 12.8. The predicted octanol–water partition coefficient (Wildman–Crippen LogP) is 4.75. The molecule has 0 radical (unpaired) electrons. The summed E-state index contributed by atoms with van der Waals surface area (Å²) in [6.45, 7) is 0.0876. The molecule has 0 unspecified atom stereocenters. The van der Waals surface area contributed by atoms with Crippen LogP contribution in [0.3, 0.4) is 0 Å². The summed E-state index contributed by atoms with van der Waals surface area (Å²) in [4.78, 5) is 12.2. The van der Waals surface area contributed by atoms with E-state index in [-0.39, 0.29) is 6.61 Å². The Labute approximate surface area is 151 Å². The number of halogens is 1. The van der Waals surface area contributed by atoms with Crippen molar-refractivity contribution in [2.45, 2.75) is 12.4 Å². The van der Waals surface area contributed by atoms with Crippen molar-refractivity contribution in [1.82, 2.24) is 5.32 Å². The fourth-order valence-electron chi connectivity index (χ4n) is 2.15. The molecule has 0 aliphatic carbocycles. The van der Waals surface area contributed by atoms with E-state index in [0.717, 1.165) is 5.56 Å². The van der Waals surface area contributed by atoms with Gasteiger partial charge in [0.1, 0.15) is 6.61 Å². The molecule has 0 heterocycles. The molecule has 8 heteroatoms. The van der Waals surface area contributed by atoms with E-state index in [2.05, 4.69) is 5.32 Å². The van der Waals surface area contributed by atoms with Crippen LogP contribution >= 0.6 is 19.2 Å². The lowest BCUT2D eigenvalue weighted by molar-refractivity contribution is 0.136. The van der Waals surface area contributed by atoms with Gasteiger partial charge in [-0.3, -0.25) is 4.57 Å². The van der Waals surface area contributed by atoms with Gasteiger partial charge in [0, 0.05) is 19.2 Å². The summed E-state index contributed by atoms with van der Waals surface area (Å²) >= 11 is 5.88. The Balaban J connectivity index is 2.14. The molecule has 1 N–H and O–H groups in total. The normalized spacial score (nSPS) is 12.4. The first-order chi connectivity index (χ1) is 12.0. The van der Waals surface area contributed by atoms with Crippen molar-refractivity contribution in [3.05, 3.63) is 70.7 Å². The Kier molecular flexibility index (Phi) is 7.02. The zero-order valence-corrected chi connectivity index (χ0v) is 15.5. The lowest BCUT2D eigenvalue weighted by atomic mass is 10.2. The van der Waals surface area contributed by atoms with Crippen molar-refractivity contribution >= 4 is 25.3 Å². The maximum Gasteiger partial charge on any atom is 0.408 e. The molecule has 2 aromatic carbocycles. The molecule has 1 atom stereocenters. The van der Waals surface area contributed by atoms with Crippen LogP contribution in [0.1, 0.15) is 16.9 Å². The first-order valence-electron chi connectivity index (χ1n) is 7.42. The number of carbonyl (C=O) groups excluding carboxylic acids is 1. The van der Waals surface area contributed by atoms with E-state index in [9.17, 15) is 9.36 Å². The van der Waals surface area contributed by atoms with Crippen LogP contribution in [0.5, 0.6) is 0 Å². The Morgan fingerprint density at radius 1 is 1.08 bits per heavy atom. The highest BCUT2D eigenvalue weighted by molar-refractivity contribution is 7.54. The highest BCUT2D eigenvalue weighted by Crippen LogP contribution is 2.58. The summed E-state index contributed by atoms with van der Waals surface area (Å²) in [5.74, 6) is -1.02. The molecule has 0 aliphatic heterocycles. The molecular formula is C17H19ClNO5P. The summed E-state index contributed by atoms with van der Waals surface area (Å²) < 4.78 is 28.0. The average Bonchev–Trinajstić information content (AvgIpc) is 2.65. The number of ether oxygens (including phenoxy) is 1. The Hall–Kier alpha value is -1.85. The Morgan fingerprint density at radius 3 is 2.24 bits per heavy atom. The van der Waals surface area contributed by atoms with Gasteiger partial charge in [0.15, 0.2) is 5.78 Å². The number of alkyl carbamates (subject to hydrolysis) is 1. The van der Waals surface area contributed by atoms with Crippen LogP contribution in [0.15, 0.2) is 54.6 Å². The van der Waals surface area contributed by atoms with Crippen molar-refractivity contribution in [3.8, 4) is 0 Å². The van der Waals surface area contributed by atoms with E-state index >= 15 is 0 Å². The monoisotopic (exact) mass is 383 g/mol.